The Kier molecular flexibility index (Phi) is 5.06. The fraction of sp³-hybridized carbons (Fsp3) is 0.211. The predicted octanol–water partition coefficient (Wildman–Crippen LogP) is 3.55. The second kappa shape index (κ2) is 7.61. The molecule has 0 aliphatic heterocycles. The molecule has 3 aromatic rings. The molecule has 1 aromatic heterocycles. The maximum Gasteiger partial charge on any atom is 0.128 e. The Hall–Kier alpha value is -2.59. The summed E-state index contributed by atoms with van der Waals surface area (Å²) in [4.78, 5) is 0. The summed E-state index contributed by atoms with van der Waals surface area (Å²) in [6, 6.07) is 20.4. The van der Waals surface area contributed by atoms with E-state index in [0.717, 1.165) is 35.5 Å². The smallest absolute Gasteiger partial charge is 0.128 e. The van der Waals surface area contributed by atoms with Crippen molar-refractivity contribution in [3.8, 4) is 17.0 Å². The number of nitrogens with one attached hydrogen (secondary N) is 1. The van der Waals surface area contributed by atoms with E-state index < -0.39 is 0 Å². The monoisotopic (exact) mass is 307 g/mol. The minimum Gasteiger partial charge on any atom is -0.493 e. The number of hydrogen-bond acceptors (Lipinski definition) is 3. The molecule has 0 fully saturated rings. The number of benzene rings is 2. The van der Waals surface area contributed by atoms with Crippen LogP contribution in [-0.2, 0) is 13.0 Å². The van der Waals surface area contributed by atoms with Gasteiger partial charge < -0.3 is 10.5 Å². The number of nitrogens with zero attached hydrogens (tertiary/aromatic N) is 1. The van der Waals surface area contributed by atoms with Gasteiger partial charge in [-0.05, 0) is 36.6 Å². The summed E-state index contributed by atoms with van der Waals surface area (Å²) in [5.74, 6) is 0.857. The third-order valence-electron chi connectivity index (χ3n) is 3.72. The SMILES string of the molecule is NCc1cc(-c2ccccc2OCCCc2ccccc2)n[nH]1. The molecule has 0 spiro atoms. The van der Waals surface area contributed by atoms with E-state index in [2.05, 4.69) is 34.5 Å². The van der Waals surface area contributed by atoms with Crippen LogP contribution in [0.3, 0.4) is 0 Å². The Balaban J connectivity index is 1.62. The second-order valence-electron chi connectivity index (χ2n) is 5.42. The third-order valence-corrected chi connectivity index (χ3v) is 3.72. The summed E-state index contributed by atoms with van der Waals surface area (Å²) < 4.78 is 5.97. The lowest BCUT2D eigenvalue weighted by Gasteiger charge is -2.10. The van der Waals surface area contributed by atoms with Crippen LogP contribution in [0.1, 0.15) is 17.7 Å². The van der Waals surface area contributed by atoms with E-state index in [9.17, 15) is 0 Å². The van der Waals surface area contributed by atoms with E-state index >= 15 is 0 Å². The van der Waals surface area contributed by atoms with Crippen LogP contribution in [0.2, 0.25) is 0 Å². The van der Waals surface area contributed by atoms with Gasteiger partial charge in [0.15, 0.2) is 0 Å². The Morgan fingerprint density at radius 2 is 1.78 bits per heavy atom. The Bertz CT molecular complexity index is 737. The van der Waals surface area contributed by atoms with Crippen molar-refractivity contribution in [1.29, 1.82) is 0 Å². The molecule has 1 heterocycles. The van der Waals surface area contributed by atoms with Gasteiger partial charge in [0.1, 0.15) is 5.75 Å². The highest BCUT2D eigenvalue weighted by atomic mass is 16.5. The molecular weight excluding hydrogens is 286 g/mol. The number of aryl methyl sites for hydroxylation is 1. The van der Waals surface area contributed by atoms with Crippen molar-refractivity contribution in [3.05, 3.63) is 71.9 Å². The summed E-state index contributed by atoms with van der Waals surface area (Å²) in [6.07, 6.45) is 2.00. The zero-order valence-electron chi connectivity index (χ0n) is 13.0. The first-order valence-electron chi connectivity index (χ1n) is 7.87. The van der Waals surface area contributed by atoms with Crippen LogP contribution in [-0.4, -0.2) is 16.8 Å². The lowest BCUT2D eigenvalue weighted by molar-refractivity contribution is 0.312. The van der Waals surface area contributed by atoms with Gasteiger partial charge in [-0.1, -0.05) is 42.5 Å². The van der Waals surface area contributed by atoms with Gasteiger partial charge in [-0.15, -0.1) is 0 Å². The largest absolute Gasteiger partial charge is 0.493 e. The van der Waals surface area contributed by atoms with Crippen LogP contribution in [0.25, 0.3) is 11.3 Å². The zero-order valence-corrected chi connectivity index (χ0v) is 13.0. The molecule has 2 aromatic carbocycles. The second-order valence-corrected chi connectivity index (χ2v) is 5.42. The number of ether oxygens (including phenoxy) is 1. The van der Waals surface area contributed by atoms with E-state index in [4.69, 9.17) is 10.5 Å². The first kappa shape index (κ1) is 15.3. The fourth-order valence-electron chi connectivity index (χ4n) is 2.51. The number of para-hydroxylation sites is 1. The zero-order chi connectivity index (χ0) is 15.9. The van der Waals surface area contributed by atoms with Crippen molar-refractivity contribution < 1.29 is 4.74 Å². The predicted molar refractivity (Wildman–Crippen MR) is 92.2 cm³/mol. The fourth-order valence-corrected chi connectivity index (χ4v) is 2.51. The van der Waals surface area contributed by atoms with Gasteiger partial charge in [0.25, 0.3) is 0 Å². The average molecular weight is 307 g/mol. The lowest BCUT2D eigenvalue weighted by atomic mass is 10.1. The molecule has 3 N–H and O–H groups in total. The summed E-state index contributed by atoms with van der Waals surface area (Å²) in [5, 5.41) is 7.25. The molecule has 0 saturated carbocycles. The number of aromatic nitrogens is 2. The van der Waals surface area contributed by atoms with Crippen LogP contribution in [0.4, 0.5) is 0 Å². The molecule has 23 heavy (non-hydrogen) atoms. The Labute approximate surface area is 136 Å². The Morgan fingerprint density at radius 1 is 1.00 bits per heavy atom. The minimum absolute atomic E-state index is 0.451. The molecule has 0 bridgehead atoms. The average Bonchev–Trinajstić information content (AvgIpc) is 3.09. The van der Waals surface area contributed by atoms with Gasteiger partial charge in [-0.25, -0.2) is 0 Å². The van der Waals surface area contributed by atoms with Crippen LogP contribution < -0.4 is 10.5 Å². The van der Waals surface area contributed by atoms with Gasteiger partial charge in [0.2, 0.25) is 0 Å². The van der Waals surface area contributed by atoms with Crippen molar-refractivity contribution in [2.24, 2.45) is 5.73 Å². The summed E-state index contributed by atoms with van der Waals surface area (Å²) in [7, 11) is 0. The molecule has 0 unspecified atom stereocenters. The normalized spacial score (nSPS) is 10.7. The van der Waals surface area contributed by atoms with Gasteiger partial charge in [0, 0.05) is 17.8 Å². The van der Waals surface area contributed by atoms with Crippen LogP contribution in [0.15, 0.2) is 60.7 Å². The van der Waals surface area contributed by atoms with E-state index in [1.165, 1.54) is 5.56 Å². The molecular formula is C19H21N3O. The van der Waals surface area contributed by atoms with Gasteiger partial charge in [0.05, 0.1) is 12.3 Å². The molecule has 118 valence electrons. The van der Waals surface area contributed by atoms with Crippen molar-refractivity contribution >= 4 is 0 Å². The number of aromatic amines is 1. The molecule has 0 radical (unpaired) electrons. The highest BCUT2D eigenvalue weighted by Crippen LogP contribution is 2.28. The van der Waals surface area contributed by atoms with Crippen LogP contribution in [0, 0.1) is 0 Å². The van der Waals surface area contributed by atoms with E-state index in [-0.39, 0.29) is 0 Å². The molecule has 0 aliphatic carbocycles. The minimum atomic E-state index is 0.451. The van der Waals surface area contributed by atoms with Gasteiger partial charge >= 0.3 is 0 Å². The van der Waals surface area contributed by atoms with Crippen molar-refractivity contribution in [1.82, 2.24) is 10.2 Å². The first-order chi connectivity index (χ1) is 11.4. The summed E-state index contributed by atoms with van der Waals surface area (Å²) in [5.41, 5.74) is 9.74. The molecule has 0 atom stereocenters. The molecule has 0 saturated heterocycles. The van der Waals surface area contributed by atoms with Crippen molar-refractivity contribution in [2.45, 2.75) is 19.4 Å². The van der Waals surface area contributed by atoms with E-state index in [0.29, 0.717) is 13.2 Å². The molecule has 0 amide bonds. The maximum atomic E-state index is 5.97. The number of rotatable bonds is 7. The molecule has 4 nitrogen and oxygen atoms in total. The van der Waals surface area contributed by atoms with Gasteiger partial charge in [-0.3, -0.25) is 5.10 Å². The highest BCUT2D eigenvalue weighted by molar-refractivity contribution is 5.67. The molecule has 0 aliphatic rings. The Morgan fingerprint density at radius 3 is 2.57 bits per heavy atom. The number of hydrogen-bond donors (Lipinski definition) is 2. The summed E-state index contributed by atoms with van der Waals surface area (Å²) in [6.45, 7) is 1.13. The van der Waals surface area contributed by atoms with Crippen molar-refractivity contribution in [2.75, 3.05) is 6.61 Å². The summed E-state index contributed by atoms with van der Waals surface area (Å²) >= 11 is 0. The lowest BCUT2D eigenvalue weighted by Crippen LogP contribution is -2.00. The molecule has 4 heteroatoms. The first-order valence-corrected chi connectivity index (χ1v) is 7.87. The van der Waals surface area contributed by atoms with Gasteiger partial charge in [-0.2, -0.15) is 5.10 Å². The quantitative estimate of drug-likeness (QED) is 0.656. The topological polar surface area (TPSA) is 63.9 Å². The van der Waals surface area contributed by atoms with Crippen LogP contribution >= 0.6 is 0 Å². The standard InChI is InChI=1S/C19H21N3O/c20-14-16-13-18(22-21-16)17-10-4-5-11-19(17)23-12-6-9-15-7-2-1-3-8-15/h1-5,7-8,10-11,13H,6,9,12,14,20H2,(H,21,22). The van der Waals surface area contributed by atoms with E-state index in [1.54, 1.807) is 0 Å². The van der Waals surface area contributed by atoms with Crippen molar-refractivity contribution in [3.63, 3.8) is 0 Å². The molecule has 3 rings (SSSR count). The number of nitrogens with two attached hydrogens (primary N) is 1. The van der Waals surface area contributed by atoms with E-state index in [1.807, 2.05) is 36.4 Å². The third kappa shape index (κ3) is 3.99. The maximum absolute atomic E-state index is 5.97. The highest BCUT2D eigenvalue weighted by Gasteiger charge is 2.09. The number of H-pyrrole nitrogens is 1. The van der Waals surface area contributed by atoms with Crippen LogP contribution in [0.5, 0.6) is 5.75 Å².